The lowest BCUT2D eigenvalue weighted by atomic mass is 10.2. The normalized spacial score (nSPS) is 10.7. The average Bonchev–Trinajstić information content (AvgIpc) is 2.45. The van der Waals surface area contributed by atoms with Crippen molar-refractivity contribution in [3.8, 4) is 0 Å². The second-order valence-corrected chi connectivity index (χ2v) is 4.18. The van der Waals surface area contributed by atoms with Gasteiger partial charge in [0.1, 0.15) is 6.29 Å². The molecule has 14 heavy (non-hydrogen) atoms. The zero-order chi connectivity index (χ0) is 10.1. The molecule has 0 fully saturated rings. The maximum absolute atomic E-state index is 10.5. The van der Waals surface area contributed by atoms with Crippen molar-refractivity contribution < 1.29 is 4.79 Å². The van der Waals surface area contributed by atoms with Crippen molar-refractivity contribution in [2.24, 2.45) is 0 Å². The Morgan fingerprint density at radius 2 is 2.21 bits per heavy atom. The fourth-order valence-corrected chi connectivity index (χ4v) is 2.03. The molecule has 0 saturated heterocycles. The Bertz CT molecular complexity index is 487. The van der Waals surface area contributed by atoms with Crippen molar-refractivity contribution in [2.45, 2.75) is 13.5 Å². The number of fused-ring (bicyclic) bond motifs is 1. The number of hydrogen-bond acceptors (Lipinski definition) is 1. The van der Waals surface area contributed by atoms with Crippen molar-refractivity contribution in [1.29, 1.82) is 0 Å². The van der Waals surface area contributed by atoms with Crippen LogP contribution in [0.2, 0.25) is 0 Å². The van der Waals surface area contributed by atoms with Crippen molar-refractivity contribution >= 4 is 33.1 Å². The molecule has 0 aliphatic rings. The van der Waals surface area contributed by atoms with Gasteiger partial charge in [-0.05, 0) is 30.5 Å². The van der Waals surface area contributed by atoms with Gasteiger partial charge in [-0.15, -0.1) is 0 Å². The molecular weight excluding hydrogens is 242 g/mol. The Hall–Kier alpha value is -1.09. The Morgan fingerprint density at radius 1 is 1.43 bits per heavy atom. The molecule has 2 rings (SSSR count). The standard InChI is InChI=1S/C11H10BrNO/c1-8-6-9-2-3-10(12)7-11(9)13(8)4-5-14/h2-3,5-7H,4H2,1H3. The van der Waals surface area contributed by atoms with Crippen molar-refractivity contribution in [3.63, 3.8) is 0 Å². The topological polar surface area (TPSA) is 22.0 Å². The van der Waals surface area contributed by atoms with Gasteiger partial charge in [-0.2, -0.15) is 0 Å². The third-order valence-electron chi connectivity index (χ3n) is 2.33. The van der Waals surface area contributed by atoms with E-state index in [-0.39, 0.29) is 0 Å². The van der Waals surface area contributed by atoms with E-state index < -0.39 is 0 Å². The number of carbonyl (C=O) groups is 1. The van der Waals surface area contributed by atoms with Gasteiger partial charge in [0.05, 0.1) is 6.54 Å². The lowest BCUT2D eigenvalue weighted by Gasteiger charge is -2.02. The quantitative estimate of drug-likeness (QED) is 0.753. The van der Waals surface area contributed by atoms with Crippen molar-refractivity contribution in [3.05, 3.63) is 34.4 Å². The third-order valence-corrected chi connectivity index (χ3v) is 2.82. The van der Waals surface area contributed by atoms with E-state index in [1.165, 1.54) is 5.39 Å². The SMILES string of the molecule is Cc1cc2ccc(Br)cc2n1CC=O. The van der Waals surface area contributed by atoms with Crippen LogP contribution in [0.25, 0.3) is 10.9 Å². The average molecular weight is 252 g/mol. The molecule has 0 atom stereocenters. The van der Waals surface area contributed by atoms with Crippen molar-refractivity contribution in [1.82, 2.24) is 4.57 Å². The summed E-state index contributed by atoms with van der Waals surface area (Å²) in [5.74, 6) is 0. The van der Waals surface area contributed by atoms with Crippen LogP contribution in [0.5, 0.6) is 0 Å². The first-order valence-corrected chi connectivity index (χ1v) is 5.20. The minimum atomic E-state index is 0.422. The summed E-state index contributed by atoms with van der Waals surface area (Å²) < 4.78 is 3.04. The molecule has 0 aliphatic heterocycles. The van der Waals surface area contributed by atoms with Gasteiger partial charge in [-0.25, -0.2) is 0 Å². The maximum atomic E-state index is 10.5. The Kier molecular flexibility index (Phi) is 2.42. The molecule has 0 saturated carbocycles. The highest BCUT2D eigenvalue weighted by atomic mass is 79.9. The minimum absolute atomic E-state index is 0.422. The van der Waals surface area contributed by atoms with E-state index in [0.29, 0.717) is 6.54 Å². The molecule has 0 bridgehead atoms. The van der Waals surface area contributed by atoms with E-state index in [0.717, 1.165) is 22.0 Å². The number of nitrogens with zero attached hydrogens (tertiary/aromatic N) is 1. The van der Waals surface area contributed by atoms with Gasteiger partial charge in [0, 0.05) is 15.7 Å². The largest absolute Gasteiger partial charge is 0.338 e. The van der Waals surface area contributed by atoms with Crippen LogP contribution >= 0.6 is 15.9 Å². The predicted octanol–water partition coefficient (Wildman–Crippen LogP) is 2.91. The second kappa shape index (κ2) is 3.58. The van der Waals surface area contributed by atoms with Crippen LogP contribution in [-0.2, 0) is 11.3 Å². The molecule has 0 N–H and O–H groups in total. The number of carbonyl (C=O) groups excluding carboxylic acids is 1. The van der Waals surface area contributed by atoms with Gasteiger partial charge in [0.2, 0.25) is 0 Å². The molecule has 0 spiro atoms. The first-order chi connectivity index (χ1) is 6.72. The van der Waals surface area contributed by atoms with Gasteiger partial charge >= 0.3 is 0 Å². The fraction of sp³-hybridized carbons (Fsp3) is 0.182. The Morgan fingerprint density at radius 3 is 2.93 bits per heavy atom. The molecule has 1 heterocycles. The molecule has 0 unspecified atom stereocenters. The number of aryl methyl sites for hydroxylation is 1. The molecule has 72 valence electrons. The fourth-order valence-electron chi connectivity index (χ4n) is 1.68. The molecule has 1 aromatic heterocycles. The molecule has 1 aromatic carbocycles. The lowest BCUT2D eigenvalue weighted by molar-refractivity contribution is -0.108. The highest BCUT2D eigenvalue weighted by Gasteiger charge is 2.04. The van der Waals surface area contributed by atoms with Crippen LogP contribution in [0.1, 0.15) is 5.69 Å². The van der Waals surface area contributed by atoms with Crippen LogP contribution in [0.15, 0.2) is 28.7 Å². The minimum Gasteiger partial charge on any atom is -0.338 e. The van der Waals surface area contributed by atoms with Gasteiger partial charge in [0.25, 0.3) is 0 Å². The van der Waals surface area contributed by atoms with Crippen LogP contribution in [-0.4, -0.2) is 10.9 Å². The van der Waals surface area contributed by atoms with E-state index in [9.17, 15) is 4.79 Å². The molecular formula is C11H10BrNO. The van der Waals surface area contributed by atoms with Gasteiger partial charge in [0.15, 0.2) is 0 Å². The Balaban J connectivity index is 2.72. The smallest absolute Gasteiger partial charge is 0.139 e. The molecule has 0 radical (unpaired) electrons. The molecule has 0 aliphatic carbocycles. The third kappa shape index (κ3) is 1.48. The molecule has 2 nitrogen and oxygen atoms in total. The summed E-state index contributed by atoms with van der Waals surface area (Å²) in [7, 11) is 0. The van der Waals surface area contributed by atoms with Crippen LogP contribution in [0.4, 0.5) is 0 Å². The summed E-state index contributed by atoms with van der Waals surface area (Å²) in [5, 5.41) is 1.17. The highest BCUT2D eigenvalue weighted by Crippen LogP contribution is 2.23. The number of benzene rings is 1. The number of hydrogen-bond donors (Lipinski definition) is 0. The highest BCUT2D eigenvalue weighted by molar-refractivity contribution is 9.10. The van der Waals surface area contributed by atoms with Crippen LogP contribution in [0, 0.1) is 6.92 Å². The summed E-state index contributed by atoms with van der Waals surface area (Å²) in [6.45, 7) is 2.43. The predicted molar refractivity (Wildman–Crippen MR) is 60.4 cm³/mol. The zero-order valence-electron chi connectivity index (χ0n) is 7.83. The zero-order valence-corrected chi connectivity index (χ0v) is 9.41. The molecule has 0 amide bonds. The van der Waals surface area contributed by atoms with E-state index in [1.807, 2.05) is 29.7 Å². The summed E-state index contributed by atoms with van der Waals surface area (Å²) in [6.07, 6.45) is 0.924. The van der Waals surface area contributed by atoms with Crippen LogP contribution in [0.3, 0.4) is 0 Å². The maximum Gasteiger partial charge on any atom is 0.139 e. The van der Waals surface area contributed by atoms with E-state index in [4.69, 9.17) is 0 Å². The lowest BCUT2D eigenvalue weighted by Crippen LogP contribution is -2.00. The number of halogens is 1. The number of rotatable bonds is 2. The van der Waals surface area contributed by atoms with Gasteiger partial charge < -0.3 is 9.36 Å². The summed E-state index contributed by atoms with van der Waals surface area (Å²) in [6, 6.07) is 8.18. The Labute approximate surface area is 90.7 Å². The van der Waals surface area contributed by atoms with Gasteiger partial charge in [-0.3, -0.25) is 0 Å². The summed E-state index contributed by atoms with van der Waals surface area (Å²) in [4.78, 5) is 10.5. The number of aldehydes is 1. The molecule has 2 aromatic rings. The van der Waals surface area contributed by atoms with Gasteiger partial charge in [-0.1, -0.05) is 22.0 Å². The second-order valence-electron chi connectivity index (χ2n) is 3.27. The first kappa shape index (κ1) is 9.46. The van der Waals surface area contributed by atoms with Crippen LogP contribution < -0.4 is 0 Å². The molecule has 3 heteroatoms. The van der Waals surface area contributed by atoms with E-state index in [2.05, 4.69) is 22.0 Å². The monoisotopic (exact) mass is 251 g/mol. The van der Waals surface area contributed by atoms with E-state index >= 15 is 0 Å². The van der Waals surface area contributed by atoms with E-state index in [1.54, 1.807) is 0 Å². The summed E-state index contributed by atoms with van der Waals surface area (Å²) >= 11 is 3.43. The van der Waals surface area contributed by atoms with Crippen molar-refractivity contribution in [2.75, 3.05) is 0 Å². The summed E-state index contributed by atoms with van der Waals surface area (Å²) in [5.41, 5.74) is 2.22. The number of aromatic nitrogens is 1. The first-order valence-electron chi connectivity index (χ1n) is 4.41.